The quantitative estimate of drug-likeness (QED) is 0.942. The average molecular weight is 303 g/mol. The smallest absolute Gasteiger partial charge is 0.157 e. The molecule has 1 atom stereocenters. The van der Waals surface area contributed by atoms with Gasteiger partial charge in [0.1, 0.15) is 0 Å². The molecule has 1 unspecified atom stereocenters. The van der Waals surface area contributed by atoms with E-state index in [1.54, 1.807) is 11.3 Å². The van der Waals surface area contributed by atoms with Gasteiger partial charge in [0.05, 0.1) is 17.2 Å². The minimum atomic E-state index is 0.485. The summed E-state index contributed by atoms with van der Waals surface area (Å²) < 4.78 is 0. The fourth-order valence-corrected chi connectivity index (χ4v) is 3.74. The summed E-state index contributed by atoms with van der Waals surface area (Å²) in [5.41, 5.74) is 2.44. The molecule has 2 heterocycles. The van der Waals surface area contributed by atoms with E-state index in [0.717, 1.165) is 28.0 Å². The van der Waals surface area contributed by atoms with Crippen molar-refractivity contribution in [2.75, 3.05) is 5.75 Å². The minimum absolute atomic E-state index is 0.485. The Morgan fingerprint density at radius 3 is 2.95 bits per heavy atom. The van der Waals surface area contributed by atoms with Gasteiger partial charge in [0.2, 0.25) is 0 Å². The Balaban J connectivity index is 1.54. The van der Waals surface area contributed by atoms with Gasteiger partial charge >= 0.3 is 0 Å². The van der Waals surface area contributed by atoms with Crippen LogP contribution in [0.3, 0.4) is 0 Å². The summed E-state index contributed by atoms with van der Waals surface area (Å²) in [5.74, 6) is 1.09. The van der Waals surface area contributed by atoms with Gasteiger partial charge in [0.15, 0.2) is 5.17 Å². The third-order valence-corrected chi connectivity index (χ3v) is 5.04. The molecule has 3 nitrogen and oxygen atoms in total. The molecule has 0 bridgehead atoms. The lowest BCUT2D eigenvalue weighted by atomic mass is 10.1. The van der Waals surface area contributed by atoms with Crippen LogP contribution in [-0.2, 0) is 13.0 Å². The maximum Gasteiger partial charge on any atom is 0.157 e. The number of thiazole rings is 1. The molecule has 20 heavy (non-hydrogen) atoms. The Morgan fingerprint density at radius 1 is 1.35 bits per heavy atom. The number of rotatable bonds is 4. The topological polar surface area (TPSA) is 37.3 Å². The second kappa shape index (κ2) is 6.41. The van der Waals surface area contributed by atoms with Crippen LogP contribution in [0.15, 0.2) is 40.7 Å². The Hall–Kier alpha value is -1.33. The predicted octanol–water partition coefficient (Wildman–Crippen LogP) is 3.26. The minimum Gasteiger partial charge on any atom is -0.361 e. The Labute approximate surface area is 127 Å². The Kier molecular flexibility index (Phi) is 4.38. The third-order valence-electron chi connectivity index (χ3n) is 3.12. The number of hydrogen-bond acceptors (Lipinski definition) is 4. The molecule has 3 rings (SSSR count). The molecule has 2 aromatic rings. The molecule has 0 aliphatic carbocycles. The van der Waals surface area contributed by atoms with Gasteiger partial charge in [-0.2, -0.15) is 0 Å². The molecule has 1 aliphatic heterocycles. The van der Waals surface area contributed by atoms with Gasteiger partial charge in [0, 0.05) is 17.2 Å². The Morgan fingerprint density at radius 2 is 2.20 bits per heavy atom. The van der Waals surface area contributed by atoms with Gasteiger partial charge in [-0.25, -0.2) is 4.98 Å². The number of aromatic nitrogens is 1. The van der Waals surface area contributed by atoms with E-state index in [0.29, 0.717) is 12.6 Å². The first-order valence-electron chi connectivity index (χ1n) is 6.68. The van der Waals surface area contributed by atoms with Crippen molar-refractivity contribution >= 4 is 28.3 Å². The molecule has 0 saturated carbocycles. The summed E-state index contributed by atoms with van der Waals surface area (Å²) in [6.45, 7) is 2.71. The SMILES string of the molecule is Cc1nc(CN=C2NC(Cc3ccccc3)CS2)cs1. The summed E-state index contributed by atoms with van der Waals surface area (Å²) in [6.07, 6.45) is 1.06. The first kappa shape index (κ1) is 13.6. The van der Waals surface area contributed by atoms with Crippen LogP contribution in [0, 0.1) is 6.92 Å². The van der Waals surface area contributed by atoms with E-state index in [4.69, 9.17) is 0 Å². The van der Waals surface area contributed by atoms with Crippen LogP contribution in [0.1, 0.15) is 16.3 Å². The molecule has 104 valence electrons. The van der Waals surface area contributed by atoms with E-state index >= 15 is 0 Å². The van der Waals surface area contributed by atoms with Gasteiger partial charge in [-0.3, -0.25) is 4.99 Å². The standard InChI is InChI=1S/C15H17N3S2/c1-11-17-14(10-19-11)8-16-15-18-13(9-20-15)7-12-5-3-2-4-6-12/h2-6,10,13H,7-9H2,1H3,(H,16,18). The normalized spacial score (nSPS) is 20.2. The van der Waals surface area contributed by atoms with Crippen molar-refractivity contribution in [3.05, 3.63) is 52.0 Å². The van der Waals surface area contributed by atoms with Gasteiger partial charge in [-0.15, -0.1) is 11.3 Å². The molecule has 0 radical (unpaired) electrons. The van der Waals surface area contributed by atoms with Crippen molar-refractivity contribution in [1.29, 1.82) is 0 Å². The monoisotopic (exact) mass is 303 g/mol. The second-order valence-corrected chi connectivity index (χ2v) is 6.89. The van der Waals surface area contributed by atoms with E-state index in [1.807, 2.05) is 18.7 Å². The van der Waals surface area contributed by atoms with E-state index in [2.05, 4.69) is 51.0 Å². The fourth-order valence-electron chi connectivity index (χ4n) is 2.17. The lowest BCUT2D eigenvalue weighted by Gasteiger charge is -2.09. The lowest BCUT2D eigenvalue weighted by molar-refractivity contribution is 0.686. The van der Waals surface area contributed by atoms with Crippen LogP contribution in [-0.4, -0.2) is 21.9 Å². The number of hydrogen-bond donors (Lipinski definition) is 1. The summed E-state index contributed by atoms with van der Waals surface area (Å²) in [4.78, 5) is 9.04. The summed E-state index contributed by atoms with van der Waals surface area (Å²) >= 11 is 3.49. The van der Waals surface area contributed by atoms with E-state index < -0.39 is 0 Å². The van der Waals surface area contributed by atoms with Crippen molar-refractivity contribution in [2.24, 2.45) is 4.99 Å². The summed E-state index contributed by atoms with van der Waals surface area (Å²) in [6, 6.07) is 11.1. The number of nitrogens with one attached hydrogen (secondary N) is 1. The van der Waals surface area contributed by atoms with E-state index in [9.17, 15) is 0 Å². The highest BCUT2D eigenvalue weighted by atomic mass is 32.2. The Bertz CT molecular complexity index is 592. The molecular formula is C15H17N3S2. The van der Waals surface area contributed by atoms with Crippen LogP contribution in [0.25, 0.3) is 0 Å². The van der Waals surface area contributed by atoms with Crippen LogP contribution in [0.4, 0.5) is 0 Å². The molecule has 0 spiro atoms. The highest BCUT2D eigenvalue weighted by Gasteiger charge is 2.20. The molecular weight excluding hydrogens is 286 g/mol. The van der Waals surface area contributed by atoms with Crippen LogP contribution >= 0.6 is 23.1 Å². The number of amidine groups is 1. The average Bonchev–Trinajstić information content (AvgIpc) is 3.07. The number of thioether (sulfide) groups is 1. The van der Waals surface area contributed by atoms with E-state index in [1.165, 1.54) is 5.56 Å². The zero-order valence-corrected chi connectivity index (χ0v) is 13.0. The number of aryl methyl sites for hydroxylation is 1. The van der Waals surface area contributed by atoms with Crippen molar-refractivity contribution in [1.82, 2.24) is 10.3 Å². The molecule has 5 heteroatoms. The van der Waals surface area contributed by atoms with E-state index in [-0.39, 0.29) is 0 Å². The molecule has 1 aliphatic rings. The number of aliphatic imine (C=N–C) groups is 1. The molecule has 1 fully saturated rings. The van der Waals surface area contributed by atoms with Crippen LogP contribution in [0.5, 0.6) is 0 Å². The largest absolute Gasteiger partial charge is 0.361 e. The molecule has 1 aromatic carbocycles. The number of benzene rings is 1. The zero-order chi connectivity index (χ0) is 13.8. The highest BCUT2D eigenvalue weighted by molar-refractivity contribution is 8.14. The molecule has 0 amide bonds. The molecule has 1 saturated heterocycles. The third kappa shape index (κ3) is 3.61. The van der Waals surface area contributed by atoms with Crippen molar-refractivity contribution in [3.8, 4) is 0 Å². The highest BCUT2D eigenvalue weighted by Crippen LogP contribution is 2.18. The van der Waals surface area contributed by atoms with Crippen molar-refractivity contribution in [3.63, 3.8) is 0 Å². The van der Waals surface area contributed by atoms with Gasteiger partial charge in [0.25, 0.3) is 0 Å². The maximum absolute atomic E-state index is 4.61. The fraction of sp³-hybridized carbons (Fsp3) is 0.333. The van der Waals surface area contributed by atoms with Gasteiger partial charge in [-0.1, -0.05) is 42.1 Å². The maximum atomic E-state index is 4.61. The van der Waals surface area contributed by atoms with Gasteiger partial charge in [-0.05, 0) is 18.9 Å². The zero-order valence-electron chi connectivity index (χ0n) is 11.4. The molecule has 1 N–H and O–H groups in total. The summed E-state index contributed by atoms with van der Waals surface area (Å²) in [7, 11) is 0. The van der Waals surface area contributed by atoms with Crippen molar-refractivity contribution < 1.29 is 0 Å². The first-order valence-corrected chi connectivity index (χ1v) is 8.55. The van der Waals surface area contributed by atoms with Gasteiger partial charge < -0.3 is 5.32 Å². The number of nitrogens with zero attached hydrogens (tertiary/aromatic N) is 2. The summed E-state index contributed by atoms with van der Waals surface area (Å²) in [5, 5.41) is 7.75. The lowest BCUT2D eigenvalue weighted by Crippen LogP contribution is -2.29. The van der Waals surface area contributed by atoms with Crippen molar-refractivity contribution in [2.45, 2.75) is 25.9 Å². The second-order valence-electron chi connectivity index (χ2n) is 4.82. The predicted molar refractivity (Wildman–Crippen MR) is 87.5 cm³/mol. The van der Waals surface area contributed by atoms with Crippen LogP contribution in [0.2, 0.25) is 0 Å². The molecule has 1 aromatic heterocycles. The first-order chi connectivity index (χ1) is 9.79. The van der Waals surface area contributed by atoms with Crippen LogP contribution < -0.4 is 5.32 Å².